The van der Waals surface area contributed by atoms with Gasteiger partial charge in [-0.15, -0.1) is 0 Å². The first kappa shape index (κ1) is 10.6. The van der Waals surface area contributed by atoms with Crippen molar-refractivity contribution in [3.63, 3.8) is 0 Å². The number of carbonyl (C=O) groups is 1. The summed E-state index contributed by atoms with van der Waals surface area (Å²) in [6, 6.07) is 0. The summed E-state index contributed by atoms with van der Waals surface area (Å²) in [5.74, 6) is 1.58. The van der Waals surface area contributed by atoms with Gasteiger partial charge in [-0.3, -0.25) is 4.79 Å². The minimum atomic E-state index is 0.0347. The normalized spacial score (nSPS) is 49.7. The van der Waals surface area contributed by atoms with Crippen molar-refractivity contribution < 1.29 is 9.53 Å². The topological polar surface area (TPSA) is 26.3 Å². The molecule has 0 radical (unpaired) electrons. The van der Waals surface area contributed by atoms with Crippen LogP contribution in [0.1, 0.15) is 52.9 Å². The molecule has 0 amide bonds. The quantitative estimate of drug-likeness (QED) is 0.588. The van der Waals surface area contributed by atoms with Crippen LogP contribution in [0.2, 0.25) is 0 Å². The van der Waals surface area contributed by atoms with Crippen LogP contribution in [0.15, 0.2) is 0 Å². The van der Waals surface area contributed by atoms with E-state index in [-0.39, 0.29) is 17.5 Å². The van der Waals surface area contributed by atoms with Crippen molar-refractivity contribution in [2.75, 3.05) is 0 Å². The molecule has 1 heterocycles. The Hall–Kier alpha value is -0.530. The maximum Gasteiger partial charge on any atom is 0.306 e. The molecular weight excluding hydrogens is 200 g/mol. The SMILES string of the molecule is C[C@@H]1CC[C@H]2C(C)(C)[C@H]3C[C@@]12CCC(=O)O3. The molecule has 0 aromatic carbocycles. The molecule has 0 aromatic heterocycles. The molecule has 16 heavy (non-hydrogen) atoms. The van der Waals surface area contributed by atoms with Gasteiger partial charge in [0, 0.05) is 11.8 Å². The highest BCUT2D eigenvalue weighted by Gasteiger charge is 2.64. The van der Waals surface area contributed by atoms with Crippen LogP contribution in [0.5, 0.6) is 0 Å². The van der Waals surface area contributed by atoms with Crippen LogP contribution in [-0.4, -0.2) is 12.1 Å². The smallest absolute Gasteiger partial charge is 0.306 e. The summed E-state index contributed by atoms with van der Waals surface area (Å²) in [6.45, 7) is 7.00. The Morgan fingerprint density at radius 2 is 2.06 bits per heavy atom. The zero-order valence-electron chi connectivity index (χ0n) is 10.6. The predicted octanol–water partition coefficient (Wildman–Crippen LogP) is 3.15. The largest absolute Gasteiger partial charge is 0.462 e. The summed E-state index contributed by atoms with van der Waals surface area (Å²) < 4.78 is 5.66. The van der Waals surface area contributed by atoms with E-state index in [0.717, 1.165) is 24.7 Å². The average Bonchev–Trinajstić information content (AvgIpc) is 2.52. The van der Waals surface area contributed by atoms with Gasteiger partial charge in [0.15, 0.2) is 0 Å². The minimum Gasteiger partial charge on any atom is -0.462 e. The zero-order chi connectivity index (χ0) is 11.6. The van der Waals surface area contributed by atoms with Crippen LogP contribution < -0.4 is 0 Å². The van der Waals surface area contributed by atoms with E-state index in [2.05, 4.69) is 20.8 Å². The summed E-state index contributed by atoms with van der Waals surface area (Å²) in [6.07, 6.45) is 5.69. The highest BCUT2D eigenvalue weighted by Crippen LogP contribution is 2.67. The molecule has 2 nitrogen and oxygen atoms in total. The zero-order valence-corrected chi connectivity index (χ0v) is 10.6. The van der Waals surface area contributed by atoms with E-state index in [1.54, 1.807) is 0 Å². The van der Waals surface area contributed by atoms with Crippen molar-refractivity contribution in [3.05, 3.63) is 0 Å². The van der Waals surface area contributed by atoms with Crippen molar-refractivity contribution in [1.82, 2.24) is 0 Å². The Labute approximate surface area is 97.7 Å². The van der Waals surface area contributed by atoms with Crippen LogP contribution in [-0.2, 0) is 9.53 Å². The Morgan fingerprint density at radius 1 is 1.31 bits per heavy atom. The Morgan fingerprint density at radius 3 is 2.81 bits per heavy atom. The van der Waals surface area contributed by atoms with E-state index >= 15 is 0 Å². The number of ether oxygens (including phenoxy) is 1. The highest BCUT2D eigenvalue weighted by atomic mass is 16.5. The van der Waals surface area contributed by atoms with Gasteiger partial charge in [-0.2, -0.15) is 0 Å². The lowest BCUT2D eigenvalue weighted by atomic mass is 9.67. The van der Waals surface area contributed by atoms with Crippen LogP contribution >= 0.6 is 0 Å². The highest BCUT2D eigenvalue weighted by molar-refractivity contribution is 5.70. The lowest BCUT2D eigenvalue weighted by Crippen LogP contribution is -2.36. The van der Waals surface area contributed by atoms with Gasteiger partial charge in [-0.05, 0) is 42.9 Å². The molecular formula is C14H22O2. The summed E-state index contributed by atoms with van der Waals surface area (Å²) in [4.78, 5) is 11.6. The van der Waals surface area contributed by atoms with Gasteiger partial charge in [-0.1, -0.05) is 20.8 Å². The average molecular weight is 222 g/mol. The molecule has 0 aromatic rings. The third-order valence-corrected chi connectivity index (χ3v) is 5.93. The summed E-state index contributed by atoms with van der Waals surface area (Å²) in [5, 5.41) is 0. The van der Waals surface area contributed by atoms with Gasteiger partial charge in [0.25, 0.3) is 0 Å². The van der Waals surface area contributed by atoms with Crippen molar-refractivity contribution in [1.29, 1.82) is 0 Å². The number of hydrogen-bond donors (Lipinski definition) is 0. The van der Waals surface area contributed by atoms with Crippen LogP contribution in [0.25, 0.3) is 0 Å². The maximum absolute atomic E-state index is 11.6. The minimum absolute atomic E-state index is 0.0347. The van der Waals surface area contributed by atoms with Crippen molar-refractivity contribution in [2.24, 2.45) is 22.7 Å². The fraction of sp³-hybridized carbons (Fsp3) is 0.929. The standard InChI is InChI=1S/C14H22O2/c1-9-4-5-10-13(2,3)11-8-14(9,10)7-6-12(15)16-11/h9-11H,4-8H2,1-3H3/t9-,10+,11-,14+/m1/s1. The molecule has 2 aliphatic carbocycles. The van der Waals surface area contributed by atoms with Gasteiger partial charge >= 0.3 is 5.97 Å². The summed E-state index contributed by atoms with van der Waals surface area (Å²) in [5.41, 5.74) is 0.612. The number of fused-ring (bicyclic) bond motifs is 1. The molecule has 3 aliphatic rings. The van der Waals surface area contributed by atoms with Gasteiger partial charge in [0.2, 0.25) is 0 Å². The van der Waals surface area contributed by atoms with E-state index in [4.69, 9.17) is 4.74 Å². The van der Waals surface area contributed by atoms with Gasteiger partial charge in [0.1, 0.15) is 6.10 Å². The molecule has 1 saturated heterocycles. The van der Waals surface area contributed by atoms with Crippen LogP contribution in [0.3, 0.4) is 0 Å². The Bertz CT molecular complexity index is 334. The third-order valence-electron chi connectivity index (χ3n) is 5.93. The molecule has 1 spiro atoms. The molecule has 2 bridgehead atoms. The first-order chi connectivity index (χ1) is 7.47. The lowest BCUT2D eigenvalue weighted by molar-refractivity contribution is -0.154. The molecule has 0 N–H and O–H groups in total. The second-order valence-corrected chi connectivity index (χ2v) is 6.77. The molecule has 2 heteroatoms. The number of carbonyl (C=O) groups excluding carboxylic acids is 1. The van der Waals surface area contributed by atoms with Crippen molar-refractivity contribution >= 4 is 5.97 Å². The van der Waals surface area contributed by atoms with Crippen LogP contribution in [0, 0.1) is 22.7 Å². The molecule has 3 rings (SSSR count). The monoisotopic (exact) mass is 222 g/mol. The molecule has 2 saturated carbocycles. The van der Waals surface area contributed by atoms with E-state index in [1.165, 1.54) is 12.8 Å². The van der Waals surface area contributed by atoms with E-state index in [1.807, 2.05) is 0 Å². The van der Waals surface area contributed by atoms with Gasteiger partial charge in [0.05, 0.1) is 0 Å². The van der Waals surface area contributed by atoms with Crippen molar-refractivity contribution in [3.8, 4) is 0 Å². The third kappa shape index (κ3) is 1.11. The summed E-state index contributed by atoms with van der Waals surface area (Å²) >= 11 is 0. The van der Waals surface area contributed by atoms with Gasteiger partial charge in [-0.25, -0.2) is 0 Å². The summed E-state index contributed by atoms with van der Waals surface area (Å²) in [7, 11) is 0. The molecule has 0 unspecified atom stereocenters. The van der Waals surface area contributed by atoms with E-state index in [0.29, 0.717) is 11.8 Å². The fourth-order valence-corrected chi connectivity index (χ4v) is 4.89. The lowest BCUT2D eigenvalue weighted by Gasteiger charge is -2.38. The first-order valence-corrected chi connectivity index (χ1v) is 6.66. The maximum atomic E-state index is 11.6. The molecule has 1 aliphatic heterocycles. The Balaban J connectivity index is 2.04. The van der Waals surface area contributed by atoms with Crippen LogP contribution in [0.4, 0.5) is 0 Å². The van der Waals surface area contributed by atoms with Gasteiger partial charge < -0.3 is 4.74 Å². The second kappa shape index (κ2) is 3.02. The number of esters is 1. The molecule has 3 fully saturated rings. The van der Waals surface area contributed by atoms with E-state index in [9.17, 15) is 4.79 Å². The first-order valence-electron chi connectivity index (χ1n) is 6.66. The Kier molecular flexibility index (Phi) is 2.01. The predicted molar refractivity (Wildman–Crippen MR) is 61.8 cm³/mol. The molecule has 90 valence electrons. The number of hydrogen-bond acceptors (Lipinski definition) is 2. The second-order valence-electron chi connectivity index (χ2n) is 6.77. The van der Waals surface area contributed by atoms with E-state index < -0.39 is 0 Å². The molecule has 4 atom stereocenters. The number of rotatable bonds is 0. The van der Waals surface area contributed by atoms with Crippen molar-refractivity contribution in [2.45, 2.75) is 59.0 Å². The fourth-order valence-electron chi connectivity index (χ4n) is 4.89.